The Kier molecular flexibility index (Phi) is 3.60. The van der Waals surface area contributed by atoms with Gasteiger partial charge in [0.05, 0.1) is 16.4 Å². The zero-order chi connectivity index (χ0) is 14.7. The average Bonchev–Trinajstić information content (AvgIpc) is 2.46. The Morgan fingerprint density at radius 1 is 1.35 bits per heavy atom. The fourth-order valence-corrected chi connectivity index (χ4v) is 1.71. The number of hydrogen-bond donors (Lipinski definition) is 0. The SMILES string of the molecule is C=C(C)N1N=C(OOC(=O)N=O)c2ccccc2C1=C. The van der Waals surface area contributed by atoms with E-state index in [9.17, 15) is 9.70 Å². The molecule has 0 unspecified atom stereocenters. The molecule has 0 atom stereocenters. The molecule has 20 heavy (non-hydrogen) atoms. The highest BCUT2D eigenvalue weighted by Crippen LogP contribution is 2.30. The topological polar surface area (TPSA) is 80.6 Å². The van der Waals surface area contributed by atoms with Crippen molar-refractivity contribution >= 4 is 17.7 Å². The van der Waals surface area contributed by atoms with E-state index >= 15 is 0 Å². The molecule has 102 valence electrons. The lowest BCUT2D eigenvalue weighted by Crippen LogP contribution is -2.25. The van der Waals surface area contributed by atoms with E-state index in [4.69, 9.17) is 4.89 Å². The van der Waals surface area contributed by atoms with Gasteiger partial charge in [-0.05, 0) is 13.0 Å². The number of nitroso groups, excluding NO2 is 1. The van der Waals surface area contributed by atoms with Gasteiger partial charge < -0.3 is 0 Å². The molecule has 0 spiro atoms. The molecule has 1 aliphatic heterocycles. The smallest absolute Gasteiger partial charge is 0.262 e. The van der Waals surface area contributed by atoms with Gasteiger partial charge in [0.25, 0.3) is 5.90 Å². The number of carbonyl (C=O) groups excluding carboxylic acids is 1. The zero-order valence-electron chi connectivity index (χ0n) is 10.7. The van der Waals surface area contributed by atoms with Crippen molar-refractivity contribution in [1.29, 1.82) is 0 Å². The Bertz CT molecular complexity index is 636. The molecule has 0 radical (unpaired) electrons. The van der Waals surface area contributed by atoms with Crippen LogP contribution in [-0.2, 0) is 9.78 Å². The van der Waals surface area contributed by atoms with E-state index in [1.807, 2.05) is 12.1 Å². The van der Waals surface area contributed by atoms with Crippen LogP contribution in [0.1, 0.15) is 18.1 Å². The minimum Gasteiger partial charge on any atom is -0.262 e. The van der Waals surface area contributed by atoms with Crippen LogP contribution in [0.2, 0.25) is 0 Å². The Morgan fingerprint density at radius 3 is 2.60 bits per heavy atom. The van der Waals surface area contributed by atoms with Crippen molar-refractivity contribution in [3.63, 3.8) is 0 Å². The molecule has 2 rings (SSSR count). The van der Waals surface area contributed by atoms with Crippen LogP contribution < -0.4 is 0 Å². The Morgan fingerprint density at radius 2 is 2.00 bits per heavy atom. The predicted octanol–water partition coefficient (Wildman–Crippen LogP) is 3.00. The summed E-state index contributed by atoms with van der Waals surface area (Å²) < 4.78 is 0. The monoisotopic (exact) mass is 273 g/mol. The van der Waals surface area contributed by atoms with Crippen LogP contribution in [0.25, 0.3) is 5.70 Å². The van der Waals surface area contributed by atoms with Crippen LogP contribution in [0, 0.1) is 4.91 Å². The summed E-state index contributed by atoms with van der Waals surface area (Å²) in [4.78, 5) is 29.7. The molecule has 0 aromatic heterocycles. The second-order valence-corrected chi connectivity index (χ2v) is 3.97. The second kappa shape index (κ2) is 5.35. The van der Waals surface area contributed by atoms with Crippen LogP contribution in [0.15, 0.2) is 53.4 Å². The Labute approximate surface area is 114 Å². The van der Waals surface area contributed by atoms with Gasteiger partial charge in [0.2, 0.25) is 0 Å². The number of hydrogen-bond acceptors (Lipinski definition) is 6. The lowest BCUT2D eigenvalue weighted by Gasteiger charge is -2.27. The van der Waals surface area contributed by atoms with Gasteiger partial charge >= 0.3 is 6.09 Å². The number of rotatable bonds is 1. The van der Waals surface area contributed by atoms with Crippen molar-refractivity contribution in [2.24, 2.45) is 10.3 Å². The molecule has 0 fully saturated rings. The maximum Gasteiger partial charge on any atom is 0.511 e. The average molecular weight is 273 g/mol. The highest BCUT2D eigenvalue weighted by atomic mass is 17.2. The first-order chi connectivity index (χ1) is 9.54. The van der Waals surface area contributed by atoms with Gasteiger partial charge in [-0.25, -0.2) is 14.7 Å². The maximum atomic E-state index is 10.7. The quantitative estimate of drug-likeness (QED) is 0.446. The van der Waals surface area contributed by atoms with Crippen molar-refractivity contribution < 1.29 is 14.6 Å². The summed E-state index contributed by atoms with van der Waals surface area (Å²) in [5, 5.41) is 7.62. The van der Waals surface area contributed by atoms with Crippen LogP contribution in [0.4, 0.5) is 4.79 Å². The lowest BCUT2D eigenvalue weighted by atomic mass is 10.0. The molecule has 1 aromatic carbocycles. The number of hydrazone groups is 1. The summed E-state index contributed by atoms with van der Waals surface area (Å²) in [5.41, 5.74) is 2.54. The number of allylic oxidation sites excluding steroid dienone is 1. The van der Waals surface area contributed by atoms with Gasteiger partial charge in [-0.2, -0.15) is 0 Å². The van der Waals surface area contributed by atoms with E-state index in [1.54, 1.807) is 19.1 Å². The normalized spacial score (nSPS) is 13.2. The van der Waals surface area contributed by atoms with E-state index in [1.165, 1.54) is 5.01 Å². The summed E-state index contributed by atoms with van der Waals surface area (Å²) in [6.45, 7) is 9.44. The van der Waals surface area contributed by atoms with Crippen molar-refractivity contribution in [3.8, 4) is 0 Å². The molecule has 0 bridgehead atoms. The third-order valence-corrected chi connectivity index (χ3v) is 2.54. The van der Waals surface area contributed by atoms with Crippen LogP contribution in [0.3, 0.4) is 0 Å². The molecule has 1 aliphatic rings. The molecule has 1 aromatic rings. The van der Waals surface area contributed by atoms with Gasteiger partial charge in [0.15, 0.2) is 0 Å². The van der Waals surface area contributed by atoms with Crippen LogP contribution >= 0.6 is 0 Å². The molecule has 0 saturated carbocycles. The summed E-state index contributed by atoms with van der Waals surface area (Å²) in [7, 11) is 0. The summed E-state index contributed by atoms with van der Waals surface area (Å²) in [6.07, 6.45) is -1.39. The highest BCUT2D eigenvalue weighted by Gasteiger charge is 2.25. The van der Waals surface area contributed by atoms with Crippen molar-refractivity contribution in [3.05, 3.63) is 59.2 Å². The molecule has 1 heterocycles. The molecule has 7 heteroatoms. The van der Waals surface area contributed by atoms with Gasteiger partial charge in [0.1, 0.15) is 0 Å². The lowest BCUT2D eigenvalue weighted by molar-refractivity contribution is -0.154. The molecular weight excluding hydrogens is 262 g/mol. The van der Waals surface area contributed by atoms with Crippen molar-refractivity contribution in [2.45, 2.75) is 6.92 Å². The van der Waals surface area contributed by atoms with Crippen LogP contribution in [0.5, 0.6) is 0 Å². The van der Waals surface area contributed by atoms with Gasteiger partial charge in [-0.15, -0.1) is 10.0 Å². The van der Waals surface area contributed by atoms with E-state index < -0.39 is 6.09 Å². The fraction of sp³-hybridized carbons (Fsp3) is 0.0769. The standard InChI is InChI=1S/C13H11N3O4/c1-8(2)16-9(3)10-6-4-5-7-11(10)12(14-16)19-20-13(17)15-18/h4-7H,1,3H2,2H3. The molecule has 0 aliphatic carbocycles. The van der Waals surface area contributed by atoms with Crippen LogP contribution in [-0.4, -0.2) is 17.0 Å². The molecule has 7 nitrogen and oxygen atoms in total. The number of benzene rings is 1. The minimum absolute atomic E-state index is 0.00741. The van der Waals surface area contributed by atoms with E-state index in [0.717, 1.165) is 5.56 Å². The first-order valence-corrected chi connectivity index (χ1v) is 5.59. The van der Waals surface area contributed by atoms with Crippen molar-refractivity contribution in [2.75, 3.05) is 0 Å². The Hall–Kier alpha value is -2.96. The molecule has 0 saturated heterocycles. The van der Waals surface area contributed by atoms with E-state index in [2.05, 4.69) is 28.3 Å². The fourth-order valence-electron chi connectivity index (χ4n) is 1.71. The Balaban J connectivity index is 2.39. The molecular formula is C13H11N3O4. The summed E-state index contributed by atoms with van der Waals surface area (Å²) in [6, 6.07) is 7.12. The zero-order valence-corrected chi connectivity index (χ0v) is 10.7. The second-order valence-electron chi connectivity index (χ2n) is 3.97. The number of carbonyl (C=O) groups is 1. The molecule has 0 N–H and O–H groups in total. The predicted molar refractivity (Wildman–Crippen MR) is 72.0 cm³/mol. The van der Waals surface area contributed by atoms with Gasteiger partial charge in [-0.1, -0.05) is 31.4 Å². The van der Waals surface area contributed by atoms with Crippen molar-refractivity contribution in [1.82, 2.24) is 5.01 Å². The first kappa shape index (κ1) is 13.5. The minimum atomic E-state index is -1.39. The third kappa shape index (κ3) is 2.41. The number of nitrogens with zero attached hydrogens (tertiary/aromatic N) is 3. The van der Waals surface area contributed by atoms with Gasteiger partial charge in [-0.3, -0.25) is 4.89 Å². The van der Waals surface area contributed by atoms with E-state index in [-0.39, 0.29) is 5.90 Å². The highest BCUT2D eigenvalue weighted by molar-refractivity contribution is 6.00. The maximum absolute atomic E-state index is 10.7. The summed E-state index contributed by atoms with van der Waals surface area (Å²) >= 11 is 0. The summed E-state index contributed by atoms with van der Waals surface area (Å²) in [5.74, 6) is 0.00741. The first-order valence-electron chi connectivity index (χ1n) is 5.59. The van der Waals surface area contributed by atoms with E-state index in [0.29, 0.717) is 17.0 Å². The number of amides is 1. The molecule has 1 amide bonds. The van der Waals surface area contributed by atoms with Gasteiger partial charge in [0, 0.05) is 11.3 Å². The number of fused-ring (bicyclic) bond motifs is 1. The third-order valence-electron chi connectivity index (χ3n) is 2.54. The largest absolute Gasteiger partial charge is 0.511 e.